The molecule has 0 aliphatic carbocycles. The Morgan fingerprint density at radius 1 is 1.27 bits per heavy atom. The molecule has 1 aromatic carbocycles. The second-order valence-electron chi connectivity index (χ2n) is 6.06. The van der Waals surface area contributed by atoms with Gasteiger partial charge in [0.15, 0.2) is 0 Å². The molecule has 0 aliphatic heterocycles. The van der Waals surface area contributed by atoms with Crippen molar-refractivity contribution in [3.05, 3.63) is 58.8 Å². The van der Waals surface area contributed by atoms with Gasteiger partial charge in [-0.2, -0.15) is 0 Å². The van der Waals surface area contributed by atoms with E-state index < -0.39 is 0 Å². The Bertz CT molecular complexity index is 716. The zero-order chi connectivity index (χ0) is 16.2. The number of benzene rings is 1. The summed E-state index contributed by atoms with van der Waals surface area (Å²) >= 11 is 0. The largest absolute Gasteiger partial charge is 0.347 e. The highest BCUT2D eigenvalue weighted by atomic mass is 16.2. The number of amides is 2. The number of carbonyl (C=O) groups excluding carboxylic acids is 1. The summed E-state index contributed by atoms with van der Waals surface area (Å²) in [5.41, 5.74) is 0.983. The van der Waals surface area contributed by atoms with Crippen LogP contribution in [-0.2, 0) is 6.54 Å². The van der Waals surface area contributed by atoms with E-state index in [2.05, 4.69) is 15.6 Å². The molecule has 2 N–H and O–H groups in total. The van der Waals surface area contributed by atoms with Crippen molar-refractivity contribution in [2.45, 2.75) is 32.9 Å². The van der Waals surface area contributed by atoms with Gasteiger partial charge < -0.3 is 10.6 Å². The lowest BCUT2D eigenvalue weighted by Crippen LogP contribution is -2.43. The second-order valence-corrected chi connectivity index (χ2v) is 6.06. The van der Waals surface area contributed by atoms with Gasteiger partial charge in [-0.1, -0.05) is 12.1 Å². The van der Waals surface area contributed by atoms with Crippen LogP contribution in [0.2, 0.25) is 0 Å². The predicted octanol–water partition coefficient (Wildman–Crippen LogP) is 2.21. The fourth-order valence-corrected chi connectivity index (χ4v) is 1.95. The highest BCUT2D eigenvalue weighted by Crippen LogP contribution is 2.12. The third-order valence-corrected chi connectivity index (χ3v) is 2.81. The molecule has 0 spiro atoms. The molecule has 116 valence electrons. The Morgan fingerprint density at radius 2 is 2.05 bits per heavy atom. The van der Waals surface area contributed by atoms with Gasteiger partial charge >= 0.3 is 11.7 Å². The van der Waals surface area contributed by atoms with E-state index in [1.165, 1.54) is 10.8 Å². The highest BCUT2D eigenvalue weighted by molar-refractivity contribution is 5.89. The third kappa shape index (κ3) is 4.73. The first-order valence-electron chi connectivity index (χ1n) is 7.03. The van der Waals surface area contributed by atoms with Crippen LogP contribution in [0.5, 0.6) is 0 Å². The minimum atomic E-state index is -0.301. The standard InChI is InChI=1S/C16H20N4O2/c1-16(2,3)19-14(21)18-13-7-4-6-12(10-13)11-20-9-5-8-17-15(20)22/h4-10H,11H2,1-3H3,(H2,18,19,21). The summed E-state index contributed by atoms with van der Waals surface area (Å²) in [6.45, 7) is 6.15. The minimum absolute atomic E-state index is 0.261. The number of hydrogen-bond acceptors (Lipinski definition) is 3. The number of aromatic nitrogens is 2. The van der Waals surface area contributed by atoms with Crippen molar-refractivity contribution >= 4 is 11.7 Å². The number of anilines is 1. The van der Waals surface area contributed by atoms with Gasteiger partial charge in [-0.3, -0.25) is 4.57 Å². The molecule has 0 atom stereocenters. The van der Waals surface area contributed by atoms with Crippen LogP contribution in [0.25, 0.3) is 0 Å². The SMILES string of the molecule is CC(C)(C)NC(=O)Nc1cccc(Cn2cccnc2=O)c1. The quantitative estimate of drug-likeness (QED) is 0.912. The maximum Gasteiger partial charge on any atom is 0.347 e. The van der Waals surface area contributed by atoms with Crippen molar-refractivity contribution in [3.63, 3.8) is 0 Å². The van der Waals surface area contributed by atoms with E-state index in [-0.39, 0.29) is 17.3 Å². The van der Waals surface area contributed by atoms with E-state index >= 15 is 0 Å². The number of urea groups is 1. The average Bonchev–Trinajstić information content (AvgIpc) is 2.39. The monoisotopic (exact) mass is 300 g/mol. The molecular formula is C16H20N4O2. The molecule has 0 fully saturated rings. The van der Waals surface area contributed by atoms with E-state index in [1.807, 2.05) is 39.0 Å². The normalized spacial score (nSPS) is 11.0. The van der Waals surface area contributed by atoms with Crippen LogP contribution >= 0.6 is 0 Å². The van der Waals surface area contributed by atoms with Gasteiger partial charge in [0.25, 0.3) is 0 Å². The molecule has 0 bridgehead atoms. The molecule has 2 amide bonds. The zero-order valence-corrected chi connectivity index (χ0v) is 13.0. The summed E-state index contributed by atoms with van der Waals surface area (Å²) in [5.74, 6) is 0. The van der Waals surface area contributed by atoms with Crippen LogP contribution in [0, 0.1) is 0 Å². The summed E-state index contributed by atoms with van der Waals surface area (Å²) in [7, 11) is 0. The van der Waals surface area contributed by atoms with Crippen LogP contribution in [0.15, 0.2) is 47.5 Å². The van der Waals surface area contributed by atoms with Crippen LogP contribution in [0.1, 0.15) is 26.3 Å². The van der Waals surface area contributed by atoms with Gasteiger partial charge in [-0.25, -0.2) is 14.6 Å². The van der Waals surface area contributed by atoms with Crippen LogP contribution < -0.4 is 16.3 Å². The minimum Gasteiger partial charge on any atom is -0.333 e. The Labute approximate surface area is 129 Å². The van der Waals surface area contributed by atoms with Gasteiger partial charge in [0.05, 0.1) is 6.54 Å². The van der Waals surface area contributed by atoms with Gasteiger partial charge in [-0.15, -0.1) is 0 Å². The smallest absolute Gasteiger partial charge is 0.333 e. The Morgan fingerprint density at radius 3 is 2.73 bits per heavy atom. The van der Waals surface area contributed by atoms with Crippen molar-refractivity contribution < 1.29 is 4.79 Å². The third-order valence-electron chi connectivity index (χ3n) is 2.81. The lowest BCUT2D eigenvalue weighted by atomic mass is 10.1. The molecule has 0 radical (unpaired) electrons. The van der Waals surface area contributed by atoms with Crippen molar-refractivity contribution in [1.82, 2.24) is 14.9 Å². The van der Waals surface area contributed by atoms with Gasteiger partial charge in [0, 0.05) is 23.6 Å². The number of nitrogens with zero attached hydrogens (tertiary/aromatic N) is 2. The number of rotatable bonds is 3. The van der Waals surface area contributed by atoms with Crippen molar-refractivity contribution in [1.29, 1.82) is 0 Å². The molecule has 0 saturated heterocycles. The summed E-state index contributed by atoms with van der Waals surface area (Å²) in [5, 5.41) is 5.62. The first kappa shape index (κ1) is 15.8. The van der Waals surface area contributed by atoms with Crippen LogP contribution in [-0.4, -0.2) is 21.1 Å². The number of hydrogen-bond donors (Lipinski definition) is 2. The maximum atomic E-state index is 11.9. The summed E-state index contributed by atoms with van der Waals surface area (Å²) in [6, 6.07) is 8.82. The lowest BCUT2D eigenvalue weighted by Gasteiger charge is -2.20. The van der Waals surface area contributed by atoms with Crippen LogP contribution in [0.4, 0.5) is 10.5 Å². The van der Waals surface area contributed by atoms with Crippen molar-refractivity contribution in [2.75, 3.05) is 5.32 Å². The molecule has 0 saturated carbocycles. The lowest BCUT2D eigenvalue weighted by molar-refractivity contribution is 0.244. The zero-order valence-electron chi connectivity index (χ0n) is 13.0. The molecule has 1 heterocycles. The van der Waals surface area contributed by atoms with Gasteiger partial charge in [-0.05, 0) is 44.5 Å². The van der Waals surface area contributed by atoms with Crippen molar-refractivity contribution in [3.8, 4) is 0 Å². The van der Waals surface area contributed by atoms with E-state index in [0.29, 0.717) is 12.2 Å². The maximum absolute atomic E-state index is 11.9. The highest BCUT2D eigenvalue weighted by Gasteiger charge is 2.13. The summed E-state index contributed by atoms with van der Waals surface area (Å²) in [4.78, 5) is 27.2. The van der Waals surface area contributed by atoms with Crippen LogP contribution in [0.3, 0.4) is 0 Å². The second kappa shape index (κ2) is 6.43. The van der Waals surface area contributed by atoms with E-state index in [1.54, 1.807) is 18.3 Å². The molecule has 6 nitrogen and oxygen atoms in total. The summed E-state index contributed by atoms with van der Waals surface area (Å²) in [6.07, 6.45) is 3.15. The Kier molecular flexibility index (Phi) is 4.60. The van der Waals surface area contributed by atoms with Crippen molar-refractivity contribution in [2.24, 2.45) is 0 Å². The summed E-state index contributed by atoms with van der Waals surface area (Å²) < 4.78 is 1.51. The molecule has 0 unspecified atom stereocenters. The molecule has 2 aromatic rings. The van der Waals surface area contributed by atoms with E-state index in [9.17, 15) is 9.59 Å². The molecule has 1 aromatic heterocycles. The molecule has 0 aliphatic rings. The number of nitrogens with one attached hydrogen (secondary N) is 2. The van der Waals surface area contributed by atoms with E-state index in [4.69, 9.17) is 0 Å². The van der Waals surface area contributed by atoms with E-state index in [0.717, 1.165) is 5.56 Å². The Balaban J connectivity index is 2.09. The van der Waals surface area contributed by atoms with Gasteiger partial charge in [0.2, 0.25) is 0 Å². The fourth-order valence-electron chi connectivity index (χ4n) is 1.95. The first-order chi connectivity index (χ1) is 10.3. The first-order valence-corrected chi connectivity index (χ1v) is 7.03. The fraction of sp³-hybridized carbons (Fsp3) is 0.312. The topological polar surface area (TPSA) is 76.0 Å². The average molecular weight is 300 g/mol. The molecular weight excluding hydrogens is 280 g/mol. The number of carbonyl (C=O) groups is 1. The Hall–Kier alpha value is -2.63. The predicted molar refractivity (Wildman–Crippen MR) is 85.9 cm³/mol. The molecule has 22 heavy (non-hydrogen) atoms. The van der Waals surface area contributed by atoms with Gasteiger partial charge in [0.1, 0.15) is 0 Å². The molecule has 2 rings (SSSR count). The molecule has 6 heteroatoms.